The number of aliphatic hydroxyl groups is 1. The zero-order valence-electron chi connectivity index (χ0n) is 13.6. The van der Waals surface area contributed by atoms with E-state index in [4.69, 9.17) is 0 Å². The second kappa shape index (κ2) is 4.99. The molecule has 2 unspecified atom stereocenters. The number of hydrogen-bond donors (Lipinski definition) is 1. The van der Waals surface area contributed by atoms with Crippen LogP contribution in [0.25, 0.3) is 0 Å². The van der Waals surface area contributed by atoms with E-state index in [0.29, 0.717) is 6.04 Å². The Morgan fingerprint density at radius 2 is 2.05 bits per heavy atom. The minimum atomic E-state index is -0.319. The molecule has 3 heteroatoms. The fourth-order valence-corrected chi connectivity index (χ4v) is 4.63. The molecule has 1 N–H and O–H groups in total. The summed E-state index contributed by atoms with van der Waals surface area (Å²) >= 11 is 1.87. The highest BCUT2D eigenvalue weighted by molar-refractivity contribution is 7.12. The standard InChI is InChI=1S/C18H25NOS/c1-11-8-14-15(9-18(4,5)10-16(14)20)19(11)13(3)17-7-6-12(2)21-17/h6-8,13,16,20H,9-10H2,1-5H3. The molecule has 1 aliphatic carbocycles. The zero-order chi connectivity index (χ0) is 15.4. The maximum Gasteiger partial charge on any atom is 0.0812 e. The van der Waals surface area contributed by atoms with E-state index < -0.39 is 0 Å². The average molecular weight is 303 g/mol. The minimum Gasteiger partial charge on any atom is -0.388 e. The van der Waals surface area contributed by atoms with Crippen molar-refractivity contribution in [1.82, 2.24) is 4.57 Å². The number of aryl methyl sites for hydroxylation is 2. The molecule has 0 spiro atoms. The molecular formula is C18H25NOS. The van der Waals surface area contributed by atoms with Crippen molar-refractivity contribution in [3.05, 3.63) is 44.9 Å². The molecule has 0 amide bonds. The second-order valence-electron chi connectivity index (χ2n) is 7.24. The Labute approximate surface area is 131 Å². The van der Waals surface area contributed by atoms with E-state index in [1.807, 2.05) is 11.3 Å². The quantitative estimate of drug-likeness (QED) is 0.848. The summed E-state index contributed by atoms with van der Waals surface area (Å²) in [5.41, 5.74) is 3.90. The lowest BCUT2D eigenvalue weighted by atomic mass is 9.75. The fourth-order valence-electron chi connectivity index (χ4n) is 3.71. The monoisotopic (exact) mass is 303 g/mol. The Morgan fingerprint density at radius 1 is 1.33 bits per heavy atom. The highest BCUT2D eigenvalue weighted by Crippen LogP contribution is 2.43. The second-order valence-corrected chi connectivity index (χ2v) is 8.56. The van der Waals surface area contributed by atoms with Gasteiger partial charge < -0.3 is 9.67 Å². The molecule has 0 radical (unpaired) electrons. The summed E-state index contributed by atoms with van der Waals surface area (Å²) in [5.74, 6) is 0. The molecular weight excluding hydrogens is 278 g/mol. The first-order valence-corrected chi connectivity index (χ1v) is 8.55. The predicted octanol–water partition coefficient (Wildman–Crippen LogP) is 4.78. The van der Waals surface area contributed by atoms with Gasteiger partial charge >= 0.3 is 0 Å². The van der Waals surface area contributed by atoms with Crippen LogP contribution in [0.2, 0.25) is 0 Å². The molecule has 21 heavy (non-hydrogen) atoms. The minimum absolute atomic E-state index is 0.167. The van der Waals surface area contributed by atoms with Crippen molar-refractivity contribution in [2.45, 2.75) is 59.6 Å². The van der Waals surface area contributed by atoms with Gasteiger partial charge in [0.25, 0.3) is 0 Å². The lowest BCUT2D eigenvalue weighted by molar-refractivity contribution is 0.0978. The number of nitrogens with zero attached hydrogens (tertiary/aromatic N) is 1. The Bertz CT molecular complexity index is 665. The van der Waals surface area contributed by atoms with Gasteiger partial charge in [-0.15, -0.1) is 11.3 Å². The van der Waals surface area contributed by atoms with Crippen LogP contribution in [0.4, 0.5) is 0 Å². The van der Waals surface area contributed by atoms with Crippen molar-refractivity contribution in [3.63, 3.8) is 0 Å². The predicted molar refractivity (Wildman–Crippen MR) is 89.1 cm³/mol. The van der Waals surface area contributed by atoms with Crippen molar-refractivity contribution in [3.8, 4) is 0 Å². The van der Waals surface area contributed by atoms with Crippen LogP contribution in [0.5, 0.6) is 0 Å². The lowest BCUT2D eigenvalue weighted by Crippen LogP contribution is -2.27. The van der Waals surface area contributed by atoms with Gasteiger partial charge in [-0.05, 0) is 57.2 Å². The lowest BCUT2D eigenvalue weighted by Gasteiger charge is -2.34. The molecule has 114 valence electrons. The molecule has 2 aromatic rings. The first-order chi connectivity index (χ1) is 9.78. The number of fused-ring (bicyclic) bond motifs is 1. The normalized spacial score (nSPS) is 22.1. The van der Waals surface area contributed by atoms with Gasteiger partial charge in [0.05, 0.1) is 12.1 Å². The molecule has 2 aromatic heterocycles. The summed E-state index contributed by atoms with van der Waals surface area (Å²) in [6, 6.07) is 6.96. The van der Waals surface area contributed by atoms with E-state index in [9.17, 15) is 5.11 Å². The van der Waals surface area contributed by atoms with Gasteiger partial charge in [-0.25, -0.2) is 0 Å². The SMILES string of the molecule is Cc1ccc(C(C)n2c(C)cc3c2CC(C)(C)CC3O)s1. The molecule has 0 aromatic carbocycles. The van der Waals surface area contributed by atoms with Gasteiger partial charge in [-0.2, -0.15) is 0 Å². The third-order valence-electron chi connectivity index (χ3n) is 4.68. The molecule has 2 heterocycles. The summed E-state index contributed by atoms with van der Waals surface area (Å²) in [4.78, 5) is 2.75. The van der Waals surface area contributed by atoms with Gasteiger partial charge in [-0.1, -0.05) is 13.8 Å². The van der Waals surface area contributed by atoms with Gasteiger partial charge in [0.15, 0.2) is 0 Å². The van der Waals surface area contributed by atoms with Crippen molar-refractivity contribution in [2.24, 2.45) is 5.41 Å². The molecule has 0 aliphatic heterocycles. The number of hydrogen-bond acceptors (Lipinski definition) is 2. The summed E-state index contributed by atoms with van der Waals surface area (Å²) in [6.07, 6.45) is 1.58. The zero-order valence-corrected chi connectivity index (χ0v) is 14.4. The van der Waals surface area contributed by atoms with E-state index in [1.165, 1.54) is 21.1 Å². The smallest absolute Gasteiger partial charge is 0.0812 e. The van der Waals surface area contributed by atoms with Crippen LogP contribution in [0.15, 0.2) is 18.2 Å². The van der Waals surface area contributed by atoms with Crippen LogP contribution in [-0.4, -0.2) is 9.67 Å². The maximum atomic E-state index is 10.5. The van der Waals surface area contributed by atoms with Crippen LogP contribution in [0.3, 0.4) is 0 Å². The molecule has 3 rings (SSSR count). The summed E-state index contributed by atoms with van der Waals surface area (Å²) in [7, 11) is 0. The fraction of sp³-hybridized carbons (Fsp3) is 0.556. The van der Waals surface area contributed by atoms with Crippen LogP contribution < -0.4 is 0 Å². The first-order valence-electron chi connectivity index (χ1n) is 7.73. The number of thiophene rings is 1. The van der Waals surface area contributed by atoms with E-state index >= 15 is 0 Å². The molecule has 0 bridgehead atoms. The van der Waals surface area contributed by atoms with E-state index in [0.717, 1.165) is 18.4 Å². The molecule has 0 saturated heterocycles. The van der Waals surface area contributed by atoms with Crippen LogP contribution in [0, 0.1) is 19.3 Å². The van der Waals surface area contributed by atoms with Crippen LogP contribution in [0.1, 0.15) is 66.0 Å². The van der Waals surface area contributed by atoms with Gasteiger partial charge in [0, 0.05) is 26.7 Å². The Balaban J connectivity index is 2.08. The number of rotatable bonds is 2. The summed E-state index contributed by atoms with van der Waals surface area (Å²) in [5, 5.41) is 10.5. The van der Waals surface area contributed by atoms with Gasteiger partial charge in [0.2, 0.25) is 0 Å². The van der Waals surface area contributed by atoms with Gasteiger partial charge in [-0.3, -0.25) is 0 Å². The third-order valence-corrected chi connectivity index (χ3v) is 5.85. The molecule has 2 nitrogen and oxygen atoms in total. The number of aromatic nitrogens is 1. The average Bonchev–Trinajstić information content (AvgIpc) is 2.91. The Kier molecular flexibility index (Phi) is 3.53. The molecule has 2 atom stereocenters. The van der Waals surface area contributed by atoms with Gasteiger partial charge in [0.1, 0.15) is 0 Å². The summed E-state index contributed by atoms with van der Waals surface area (Å²) in [6.45, 7) is 11.1. The van der Waals surface area contributed by atoms with Crippen molar-refractivity contribution in [1.29, 1.82) is 0 Å². The molecule has 0 saturated carbocycles. The van der Waals surface area contributed by atoms with Crippen molar-refractivity contribution < 1.29 is 5.11 Å². The van der Waals surface area contributed by atoms with E-state index in [1.54, 1.807) is 0 Å². The highest BCUT2D eigenvalue weighted by atomic mass is 32.1. The molecule has 0 fully saturated rings. The maximum absolute atomic E-state index is 10.5. The topological polar surface area (TPSA) is 25.2 Å². The first kappa shape index (κ1) is 14.9. The van der Waals surface area contributed by atoms with Crippen LogP contribution in [-0.2, 0) is 6.42 Å². The van der Waals surface area contributed by atoms with Crippen molar-refractivity contribution >= 4 is 11.3 Å². The summed E-state index contributed by atoms with van der Waals surface area (Å²) < 4.78 is 2.44. The number of aliphatic hydroxyl groups excluding tert-OH is 1. The molecule has 1 aliphatic rings. The highest BCUT2D eigenvalue weighted by Gasteiger charge is 2.35. The van der Waals surface area contributed by atoms with Crippen LogP contribution >= 0.6 is 11.3 Å². The van der Waals surface area contributed by atoms with Crippen molar-refractivity contribution in [2.75, 3.05) is 0 Å². The Hall–Kier alpha value is -1.06. The van der Waals surface area contributed by atoms with E-state index in [2.05, 4.69) is 57.4 Å². The Morgan fingerprint density at radius 3 is 2.67 bits per heavy atom. The third kappa shape index (κ3) is 2.58. The largest absolute Gasteiger partial charge is 0.388 e. The van der Waals surface area contributed by atoms with E-state index in [-0.39, 0.29) is 11.5 Å².